The van der Waals surface area contributed by atoms with Crippen molar-refractivity contribution in [3.05, 3.63) is 0 Å². The lowest BCUT2D eigenvalue weighted by molar-refractivity contribution is 0.484. The molecule has 4 heteroatoms. The Kier molecular flexibility index (Phi) is 3.26. The van der Waals surface area contributed by atoms with Gasteiger partial charge in [-0.05, 0) is 12.8 Å². The molecule has 0 saturated heterocycles. The molecule has 0 aliphatic heterocycles. The summed E-state index contributed by atoms with van der Waals surface area (Å²) in [5.74, 6) is -0.419. The fraction of sp³-hybridized carbons (Fsp3) is 0.875. The van der Waals surface area contributed by atoms with Gasteiger partial charge in [0.25, 0.3) is 0 Å². The molecule has 0 bridgehead atoms. The van der Waals surface area contributed by atoms with E-state index < -0.39 is 15.6 Å². The van der Waals surface area contributed by atoms with Crippen molar-refractivity contribution in [1.29, 1.82) is 0 Å². The van der Waals surface area contributed by atoms with Crippen molar-refractivity contribution in [2.75, 3.05) is 5.75 Å². The highest BCUT2D eigenvalue weighted by Gasteiger charge is 2.26. The molecule has 3 nitrogen and oxygen atoms in total. The number of carbonyl (C=O) groups excluding carboxylic acids is 1. The zero-order chi connectivity index (χ0) is 9.03. The summed E-state index contributed by atoms with van der Waals surface area (Å²) in [6.45, 7) is 0. The molecule has 1 rings (SSSR count). The molecule has 69 valence electrons. The Hall–Kier alpha value is -0.380. The first-order chi connectivity index (χ1) is 5.67. The minimum atomic E-state index is -3.16. The molecule has 1 aliphatic rings. The normalized spacial score (nSPS) is 20.7. The second-order valence-electron chi connectivity index (χ2n) is 3.21. The van der Waals surface area contributed by atoms with Crippen LogP contribution in [-0.2, 0) is 14.6 Å². The molecule has 0 atom stereocenters. The third kappa shape index (κ3) is 2.30. The number of hydrogen-bond acceptors (Lipinski definition) is 3. The number of hydrogen-bond donors (Lipinski definition) is 0. The van der Waals surface area contributed by atoms with Crippen LogP contribution in [0.2, 0.25) is 0 Å². The molecule has 0 amide bonds. The molecular weight excluding hydrogens is 176 g/mol. The minimum Gasteiger partial charge on any atom is -0.290 e. The lowest BCUT2D eigenvalue weighted by Gasteiger charge is -2.20. The van der Waals surface area contributed by atoms with Gasteiger partial charge in [-0.1, -0.05) is 19.3 Å². The Labute approximate surface area is 73.1 Å². The molecular formula is C8H13O3S. The van der Waals surface area contributed by atoms with Crippen LogP contribution in [-0.4, -0.2) is 25.7 Å². The summed E-state index contributed by atoms with van der Waals surface area (Å²) in [5, 5.41) is -0.271. The van der Waals surface area contributed by atoms with Crippen molar-refractivity contribution in [3.63, 3.8) is 0 Å². The topological polar surface area (TPSA) is 51.2 Å². The van der Waals surface area contributed by atoms with Gasteiger partial charge in [0.15, 0.2) is 9.84 Å². The van der Waals surface area contributed by atoms with Crippen LogP contribution in [0.1, 0.15) is 32.1 Å². The first kappa shape index (κ1) is 9.71. The van der Waals surface area contributed by atoms with Crippen molar-refractivity contribution in [3.8, 4) is 0 Å². The van der Waals surface area contributed by atoms with Gasteiger partial charge in [-0.25, -0.2) is 8.42 Å². The van der Waals surface area contributed by atoms with Gasteiger partial charge >= 0.3 is 0 Å². The molecule has 1 saturated carbocycles. The van der Waals surface area contributed by atoms with Gasteiger partial charge in [0.1, 0.15) is 5.75 Å². The fourth-order valence-corrected chi connectivity index (χ4v) is 3.08. The van der Waals surface area contributed by atoms with E-state index in [1.807, 2.05) is 0 Å². The van der Waals surface area contributed by atoms with Crippen LogP contribution < -0.4 is 0 Å². The van der Waals surface area contributed by atoms with Crippen molar-refractivity contribution in [2.24, 2.45) is 0 Å². The summed E-state index contributed by atoms with van der Waals surface area (Å²) in [5.41, 5.74) is 0. The first-order valence-electron chi connectivity index (χ1n) is 4.23. The smallest absolute Gasteiger partial charge is 0.214 e. The molecule has 12 heavy (non-hydrogen) atoms. The Morgan fingerprint density at radius 3 is 2.25 bits per heavy atom. The van der Waals surface area contributed by atoms with Gasteiger partial charge in [0.2, 0.25) is 6.29 Å². The van der Waals surface area contributed by atoms with Crippen molar-refractivity contribution in [2.45, 2.75) is 37.4 Å². The third-order valence-electron chi connectivity index (χ3n) is 2.32. The predicted molar refractivity (Wildman–Crippen MR) is 46.4 cm³/mol. The Morgan fingerprint density at radius 1 is 1.17 bits per heavy atom. The maximum absolute atomic E-state index is 11.3. The van der Waals surface area contributed by atoms with E-state index in [1.54, 1.807) is 0 Å². The zero-order valence-corrected chi connectivity index (χ0v) is 7.77. The van der Waals surface area contributed by atoms with Gasteiger partial charge in [-0.2, -0.15) is 0 Å². The average Bonchev–Trinajstić information content (AvgIpc) is 2.06. The summed E-state index contributed by atoms with van der Waals surface area (Å²) in [6.07, 6.45) is 5.99. The quantitative estimate of drug-likeness (QED) is 0.661. The summed E-state index contributed by atoms with van der Waals surface area (Å²) in [6, 6.07) is 0. The maximum Gasteiger partial charge on any atom is 0.214 e. The summed E-state index contributed by atoms with van der Waals surface area (Å²) >= 11 is 0. The predicted octanol–water partition coefficient (Wildman–Crippen LogP) is 0.844. The number of rotatable bonds is 3. The van der Waals surface area contributed by atoms with E-state index in [0.29, 0.717) is 0 Å². The lowest BCUT2D eigenvalue weighted by Crippen LogP contribution is -2.26. The molecule has 0 aromatic rings. The molecule has 0 aromatic carbocycles. The maximum atomic E-state index is 11.3. The Bertz CT molecular complexity index is 237. The molecule has 1 fully saturated rings. The second kappa shape index (κ2) is 4.03. The molecule has 0 aromatic heterocycles. The van der Waals surface area contributed by atoms with E-state index in [9.17, 15) is 13.2 Å². The number of sulfone groups is 1. The van der Waals surface area contributed by atoms with E-state index in [2.05, 4.69) is 0 Å². The summed E-state index contributed by atoms with van der Waals surface area (Å²) < 4.78 is 22.6. The monoisotopic (exact) mass is 189 g/mol. The van der Waals surface area contributed by atoms with Crippen LogP contribution >= 0.6 is 0 Å². The Morgan fingerprint density at radius 2 is 1.75 bits per heavy atom. The first-order valence-corrected chi connectivity index (χ1v) is 5.95. The molecule has 0 spiro atoms. The zero-order valence-electron chi connectivity index (χ0n) is 6.95. The summed E-state index contributed by atoms with van der Waals surface area (Å²) in [4.78, 5) is 9.96. The highest BCUT2D eigenvalue weighted by Crippen LogP contribution is 2.23. The van der Waals surface area contributed by atoms with Crippen LogP contribution in [0.3, 0.4) is 0 Å². The van der Waals surface area contributed by atoms with Crippen LogP contribution in [0, 0.1) is 0 Å². The van der Waals surface area contributed by atoms with Gasteiger partial charge in [0, 0.05) is 0 Å². The van der Waals surface area contributed by atoms with Crippen molar-refractivity contribution >= 4 is 16.1 Å². The van der Waals surface area contributed by atoms with E-state index in [-0.39, 0.29) is 5.25 Å². The SMILES string of the molecule is O=[C]CS(=O)(=O)C1CCCCC1. The van der Waals surface area contributed by atoms with Crippen LogP contribution in [0.5, 0.6) is 0 Å². The highest BCUT2D eigenvalue weighted by molar-refractivity contribution is 7.92. The van der Waals surface area contributed by atoms with Crippen LogP contribution in [0.25, 0.3) is 0 Å². The van der Waals surface area contributed by atoms with Gasteiger partial charge in [-0.15, -0.1) is 0 Å². The van der Waals surface area contributed by atoms with E-state index in [1.165, 1.54) is 6.29 Å². The van der Waals surface area contributed by atoms with Crippen LogP contribution in [0.4, 0.5) is 0 Å². The lowest BCUT2D eigenvalue weighted by atomic mass is 10.0. The average molecular weight is 189 g/mol. The minimum absolute atomic E-state index is 0.271. The Balaban J connectivity index is 2.60. The highest BCUT2D eigenvalue weighted by atomic mass is 32.2. The standard InChI is InChI=1S/C8H13O3S/c9-6-7-12(10,11)8-4-2-1-3-5-8/h8H,1-5,7H2. The molecule has 0 N–H and O–H groups in total. The van der Waals surface area contributed by atoms with Crippen molar-refractivity contribution in [1.82, 2.24) is 0 Å². The molecule has 1 aliphatic carbocycles. The van der Waals surface area contributed by atoms with E-state index in [4.69, 9.17) is 0 Å². The van der Waals surface area contributed by atoms with Gasteiger partial charge in [0.05, 0.1) is 5.25 Å². The van der Waals surface area contributed by atoms with E-state index >= 15 is 0 Å². The second-order valence-corrected chi connectivity index (χ2v) is 5.49. The molecule has 1 radical (unpaired) electrons. The van der Waals surface area contributed by atoms with Crippen LogP contribution in [0.15, 0.2) is 0 Å². The fourth-order valence-electron chi connectivity index (χ4n) is 1.62. The van der Waals surface area contributed by atoms with Gasteiger partial charge in [-0.3, -0.25) is 4.79 Å². The molecule has 0 unspecified atom stereocenters. The third-order valence-corrected chi connectivity index (χ3v) is 4.33. The largest absolute Gasteiger partial charge is 0.290 e. The van der Waals surface area contributed by atoms with Gasteiger partial charge < -0.3 is 0 Å². The summed E-state index contributed by atoms with van der Waals surface area (Å²) in [7, 11) is -3.16. The van der Waals surface area contributed by atoms with E-state index in [0.717, 1.165) is 32.1 Å². The van der Waals surface area contributed by atoms with Crippen molar-refractivity contribution < 1.29 is 13.2 Å². The molecule has 0 heterocycles.